The molecule has 0 aliphatic heterocycles. The summed E-state index contributed by atoms with van der Waals surface area (Å²) in [6.07, 6.45) is 1.11. The molecule has 0 heterocycles. The van der Waals surface area contributed by atoms with Gasteiger partial charge in [-0.05, 0) is 56.5 Å². The lowest BCUT2D eigenvalue weighted by Crippen LogP contribution is -2.56. The van der Waals surface area contributed by atoms with Gasteiger partial charge < -0.3 is 10.2 Å². The highest BCUT2D eigenvalue weighted by Gasteiger charge is 2.35. The molecule has 10 nitrogen and oxygen atoms in total. The Bertz CT molecular complexity index is 1560. The number of rotatable bonds is 11. The lowest BCUT2D eigenvalue weighted by atomic mass is 10.0. The molecular weight excluding hydrogens is 624 g/mol. The first-order valence-electron chi connectivity index (χ1n) is 13.2. The first-order chi connectivity index (χ1) is 19.5. The van der Waals surface area contributed by atoms with E-state index in [1.165, 1.54) is 17.0 Å². The molecule has 42 heavy (non-hydrogen) atoms. The van der Waals surface area contributed by atoms with Crippen LogP contribution in [0.5, 0.6) is 0 Å². The molecule has 0 bridgehead atoms. The van der Waals surface area contributed by atoms with Crippen LogP contribution in [-0.4, -0.2) is 54.4 Å². The summed E-state index contributed by atoms with van der Waals surface area (Å²) in [6, 6.07) is 19.4. The number of anilines is 1. The number of halogens is 1. The first kappa shape index (κ1) is 32.7. The van der Waals surface area contributed by atoms with Crippen LogP contribution < -0.4 is 9.62 Å². The van der Waals surface area contributed by atoms with Gasteiger partial charge in [0.05, 0.1) is 16.9 Å². The fourth-order valence-electron chi connectivity index (χ4n) is 4.41. The van der Waals surface area contributed by atoms with E-state index in [1.54, 1.807) is 13.0 Å². The Morgan fingerprint density at radius 1 is 1.00 bits per heavy atom. The van der Waals surface area contributed by atoms with Crippen molar-refractivity contribution in [3.05, 3.63) is 104 Å². The molecule has 1 atom stereocenters. The maximum absolute atomic E-state index is 14.2. The van der Waals surface area contributed by atoms with Gasteiger partial charge in [-0.2, -0.15) is 0 Å². The molecule has 2 amide bonds. The van der Waals surface area contributed by atoms with E-state index in [9.17, 15) is 28.1 Å². The number of nitro groups is 1. The minimum Gasteiger partial charge on any atom is -0.350 e. The quantitative estimate of drug-likeness (QED) is 0.228. The summed E-state index contributed by atoms with van der Waals surface area (Å²) < 4.78 is 27.6. The second-order valence-electron chi connectivity index (χ2n) is 11.1. The normalized spacial score (nSPS) is 12.3. The minimum absolute atomic E-state index is 0.0128. The standard InChI is InChI=1S/C30H35BrN4O6S/c1-21-14-15-25(35(38)39)18-26(21)34(42(5,40)41)20-28(36)33(19-23-12-9-13-24(31)16-23)27(29(37)32-30(2,3)4)17-22-10-7-6-8-11-22/h6-16,18,27H,17,19-20H2,1-5H3,(H,32,37). The van der Waals surface area contributed by atoms with Gasteiger partial charge in [0.2, 0.25) is 21.8 Å². The summed E-state index contributed by atoms with van der Waals surface area (Å²) in [7, 11) is -4.07. The highest BCUT2D eigenvalue weighted by atomic mass is 79.9. The molecule has 1 unspecified atom stereocenters. The maximum atomic E-state index is 14.2. The Balaban J connectivity index is 2.13. The zero-order valence-electron chi connectivity index (χ0n) is 24.2. The van der Waals surface area contributed by atoms with Crippen LogP contribution in [0, 0.1) is 17.0 Å². The highest BCUT2D eigenvalue weighted by Crippen LogP contribution is 2.28. The molecule has 3 aromatic carbocycles. The van der Waals surface area contributed by atoms with E-state index in [4.69, 9.17) is 0 Å². The minimum atomic E-state index is -4.07. The number of aryl methyl sites for hydroxylation is 1. The third kappa shape index (κ3) is 9.12. The molecule has 12 heteroatoms. The first-order valence-corrected chi connectivity index (χ1v) is 15.8. The predicted octanol–water partition coefficient (Wildman–Crippen LogP) is 4.99. The number of carbonyl (C=O) groups is 2. The third-order valence-corrected chi connectivity index (χ3v) is 7.98. The van der Waals surface area contributed by atoms with E-state index in [0.29, 0.717) is 5.56 Å². The van der Waals surface area contributed by atoms with Crippen molar-refractivity contribution >= 4 is 49.1 Å². The van der Waals surface area contributed by atoms with Crippen LogP contribution in [0.2, 0.25) is 0 Å². The number of nitrogens with one attached hydrogen (secondary N) is 1. The van der Waals surface area contributed by atoms with E-state index in [2.05, 4.69) is 21.2 Å². The predicted molar refractivity (Wildman–Crippen MR) is 167 cm³/mol. The summed E-state index contributed by atoms with van der Waals surface area (Å²) in [6.45, 7) is 6.46. The Morgan fingerprint density at radius 2 is 1.64 bits per heavy atom. The highest BCUT2D eigenvalue weighted by molar-refractivity contribution is 9.10. The molecule has 0 fully saturated rings. The summed E-state index contributed by atoms with van der Waals surface area (Å²) in [5.74, 6) is -1.04. The smallest absolute Gasteiger partial charge is 0.271 e. The van der Waals surface area contributed by atoms with Crippen LogP contribution in [0.3, 0.4) is 0 Å². The number of sulfonamides is 1. The summed E-state index contributed by atoms with van der Waals surface area (Å²) in [5.41, 5.74) is 1.07. The van der Waals surface area contributed by atoms with Crippen LogP contribution in [0.4, 0.5) is 11.4 Å². The van der Waals surface area contributed by atoms with E-state index in [1.807, 2.05) is 69.3 Å². The van der Waals surface area contributed by atoms with E-state index in [-0.39, 0.29) is 24.3 Å². The second-order valence-corrected chi connectivity index (χ2v) is 13.9. The van der Waals surface area contributed by atoms with Crippen molar-refractivity contribution < 1.29 is 22.9 Å². The van der Waals surface area contributed by atoms with Crippen LogP contribution in [0.15, 0.2) is 77.3 Å². The van der Waals surface area contributed by atoms with Crippen molar-refractivity contribution in [2.75, 3.05) is 17.1 Å². The third-order valence-electron chi connectivity index (χ3n) is 6.36. The molecule has 3 rings (SSSR count). The number of non-ortho nitro benzene ring substituents is 1. The van der Waals surface area contributed by atoms with Gasteiger partial charge in [-0.25, -0.2) is 8.42 Å². The van der Waals surface area contributed by atoms with Crippen molar-refractivity contribution in [3.8, 4) is 0 Å². The Labute approximate surface area is 255 Å². The lowest BCUT2D eigenvalue weighted by Gasteiger charge is -2.35. The topological polar surface area (TPSA) is 130 Å². The van der Waals surface area contributed by atoms with Gasteiger partial charge in [0, 0.05) is 35.1 Å². The number of benzene rings is 3. The summed E-state index contributed by atoms with van der Waals surface area (Å²) >= 11 is 3.45. The number of nitrogens with zero attached hydrogens (tertiary/aromatic N) is 3. The number of hydrogen-bond donors (Lipinski definition) is 1. The zero-order chi connectivity index (χ0) is 31.2. The SMILES string of the molecule is Cc1ccc([N+](=O)[O-])cc1N(CC(=O)N(Cc1cccc(Br)c1)C(Cc1ccccc1)C(=O)NC(C)(C)C)S(C)(=O)=O. The average Bonchev–Trinajstić information content (AvgIpc) is 2.88. The average molecular weight is 660 g/mol. The monoisotopic (exact) mass is 658 g/mol. The maximum Gasteiger partial charge on any atom is 0.271 e. The molecule has 0 radical (unpaired) electrons. The molecule has 0 aliphatic rings. The lowest BCUT2D eigenvalue weighted by molar-refractivity contribution is -0.384. The summed E-state index contributed by atoms with van der Waals surface area (Å²) in [4.78, 5) is 40.2. The Kier molecular flexibility index (Phi) is 10.5. The molecule has 0 aromatic heterocycles. The fourth-order valence-corrected chi connectivity index (χ4v) is 5.76. The van der Waals surface area contributed by atoms with Crippen molar-refractivity contribution in [2.24, 2.45) is 0 Å². The van der Waals surface area contributed by atoms with Crippen LogP contribution in [0.1, 0.15) is 37.5 Å². The molecule has 0 saturated heterocycles. The molecule has 1 N–H and O–H groups in total. The second kappa shape index (κ2) is 13.5. The van der Waals surface area contributed by atoms with E-state index < -0.39 is 44.9 Å². The van der Waals surface area contributed by atoms with Crippen LogP contribution in [0.25, 0.3) is 0 Å². The van der Waals surface area contributed by atoms with Crippen molar-refractivity contribution in [1.29, 1.82) is 0 Å². The number of amides is 2. The van der Waals surface area contributed by atoms with E-state index in [0.717, 1.165) is 32.2 Å². The van der Waals surface area contributed by atoms with Gasteiger partial charge in [-0.1, -0.05) is 64.5 Å². The van der Waals surface area contributed by atoms with Gasteiger partial charge in [0.1, 0.15) is 12.6 Å². The largest absolute Gasteiger partial charge is 0.350 e. The van der Waals surface area contributed by atoms with Crippen LogP contribution >= 0.6 is 15.9 Å². The van der Waals surface area contributed by atoms with Gasteiger partial charge in [-0.15, -0.1) is 0 Å². The zero-order valence-corrected chi connectivity index (χ0v) is 26.6. The van der Waals surface area contributed by atoms with Gasteiger partial charge in [0.25, 0.3) is 5.69 Å². The number of carbonyl (C=O) groups excluding carboxylic acids is 2. The fraction of sp³-hybridized carbons (Fsp3) is 0.333. The van der Waals surface area contributed by atoms with E-state index >= 15 is 0 Å². The molecule has 0 aliphatic carbocycles. The summed E-state index contributed by atoms with van der Waals surface area (Å²) in [5, 5.41) is 14.4. The Hall–Kier alpha value is -3.77. The van der Waals surface area contributed by atoms with Gasteiger partial charge in [-0.3, -0.25) is 24.0 Å². The molecule has 3 aromatic rings. The number of hydrogen-bond acceptors (Lipinski definition) is 6. The van der Waals surface area contributed by atoms with Crippen molar-refractivity contribution in [3.63, 3.8) is 0 Å². The number of nitro benzene ring substituents is 1. The van der Waals surface area contributed by atoms with Crippen LogP contribution in [-0.2, 0) is 32.6 Å². The molecular formula is C30H35BrN4O6S. The molecule has 224 valence electrons. The van der Waals surface area contributed by atoms with Gasteiger partial charge >= 0.3 is 0 Å². The van der Waals surface area contributed by atoms with Crippen molar-refractivity contribution in [1.82, 2.24) is 10.2 Å². The molecule has 0 saturated carbocycles. The Morgan fingerprint density at radius 3 is 2.21 bits per heavy atom. The van der Waals surface area contributed by atoms with Gasteiger partial charge in [0.15, 0.2) is 0 Å². The molecule has 0 spiro atoms. The van der Waals surface area contributed by atoms with Crippen molar-refractivity contribution in [2.45, 2.75) is 52.2 Å².